The third-order valence-electron chi connectivity index (χ3n) is 2.41. The number of ether oxygens (including phenoxy) is 2. The fourth-order valence-electron chi connectivity index (χ4n) is 1.59. The molecular weight excluding hydrogens is 246 g/mol. The van der Waals surface area contributed by atoms with Crippen LogP contribution >= 0.6 is 11.8 Å². The van der Waals surface area contributed by atoms with Crippen molar-refractivity contribution in [3.05, 3.63) is 23.8 Å². The first-order valence-electron chi connectivity index (χ1n) is 5.75. The molecule has 0 spiro atoms. The predicted molar refractivity (Wildman–Crippen MR) is 77.4 cm³/mol. The molecule has 0 atom stereocenters. The first-order valence-corrected chi connectivity index (χ1v) is 6.90. The van der Waals surface area contributed by atoms with Gasteiger partial charge in [-0.3, -0.25) is 0 Å². The van der Waals surface area contributed by atoms with Crippen LogP contribution in [0.25, 0.3) is 0 Å². The highest BCUT2D eigenvalue weighted by molar-refractivity contribution is 7.99. The van der Waals surface area contributed by atoms with Gasteiger partial charge in [0.1, 0.15) is 0 Å². The van der Waals surface area contributed by atoms with Crippen LogP contribution in [0.2, 0.25) is 0 Å². The molecule has 98 valence electrons. The summed E-state index contributed by atoms with van der Waals surface area (Å²) in [5.74, 6) is 5.94. The van der Waals surface area contributed by atoms with E-state index in [1.54, 1.807) is 26.0 Å². The summed E-state index contributed by atoms with van der Waals surface area (Å²) in [6.45, 7) is 1.68. The minimum Gasteiger partial charge on any atom is -0.493 e. The van der Waals surface area contributed by atoms with Crippen molar-refractivity contribution in [1.82, 2.24) is 5.32 Å². The molecule has 0 heterocycles. The van der Waals surface area contributed by atoms with Crippen LogP contribution in [0.15, 0.2) is 18.2 Å². The van der Waals surface area contributed by atoms with Crippen molar-refractivity contribution < 1.29 is 9.47 Å². The second-order valence-corrected chi connectivity index (χ2v) is 4.69. The zero-order valence-corrected chi connectivity index (χ0v) is 11.7. The predicted octanol–water partition coefficient (Wildman–Crippen LogP) is 2.16. The molecule has 0 aliphatic heterocycles. The monoisotopic (exact) mass is 265 g/mol. The fraction of sp³-hybridized carbons (Fsp3) is 0.429. The molecule has 0 fully saturated rings. The maximum atomic E-state index is 5.37. The maximum absolute atomic E-state index is 5.37. The van der Waals surface area contributed by atoms with E-state index in [0.29, 0.717) is 0 Å². The van der Waals surface area contributed by atoms with Gasteiger partial charge in [0.15, 0.2) is 11.5 Å². The van der Waals surface area contributed by atoms with Gasteiger partial charge in [-0.15, -0.1) is 18.2 Å². The van der Waals surface area contributed by atoms with E-state index in [-0.39, 0.29) is 0 Å². The van der Waals surface area contributed by atoms with Crippen molar-refractivity contribution in [3.63, 3.8) is 0 Å². The van der Waals surface area contributed by atoms with E-state index in [1.807, 2.05) is 18.2 Å². The number of rotatable bonds is 8. The number of benzene rings is 1. The van der Waals surface area contributed by atoms with Crippen molar-refractivity contribution in [1.29, 1.82) is 0 Å². The van der Waals surface area contributed by atoms with Crippen molar-refractivity contribution in [2.24, 2.45) is 0 Å². The lowest BCUT2D eigenvalue weighted by Gasteiger charge is -2.12. The van der Waals surface area contributed by atoms with E-state index >= 15 is 0 Å². The Bertz CT molecular complexity index is 401. The molecule has 1 N–H and O–H groups in total. The molecule has 0 saturated carbocycles. The van der Waals surface area contributed by atoms with Gasteiger partial charge in [-0.1, -0.05) is 18.1 Å². The van der Waals surface area contributed by atoms with Gasteiger partial charge < -0.3 is 14.8 Å². The fourth-order valence-corrected chi connectivity index (χ4v) is 2.14. The van der Waals surface area contributed by atoms with Gasteiger partial charge in [-0.25, -0.2) is 0 Å². The molecule has 3 nitrogen and oxygen atoms in total. The molecule has 18 heavy (non-hydrogen) atoms. The van der Waals surface area contributed by atoms with Gasteiger partial charge in [-0.2, -0.15) is 0 Å². The Morgan fingerprint density at radius 2 is 2.17 bits per heavy atom. The highest BCUT2D eigenvalue weighted by atomic mass is 32.2. The normalized spacial score (nSPS) is 9.83. The third kappa shape index (κ3) is 4.52. The Morgan fingerprint density at radius 1 is 1.33 bits per heavy atom. The van der Waals surface area contributed by atoms with Gasteiger partial charge in [-0.05, 0) is 6.07 Å². The van der Waals surface area contributed by atoms with Crippen LogP contribution in [-0.2, 0) is 6.54 Å². The van der Waals surface area contributed by atoms with E-state index in [2.05, 4.69) is 11.2 Å². The summed E-state index contributed by atoms with van der Waals surface area (Å²) in [7, 11) is 3.30. The molecule has 0 unspecified atom stereocenters. The van der Waals surface area contributed by atoms with Crippen LogP contribution in [0, 0.1) is 12.3 Å². The van der Waals surface area contributed by atoms with Gasteiger partial charge >= 0.3 is 0 Å². The molecule has 1 aromatic rings. The summed E-state index contributed by atoms with van der Waals surface area (Å²) in [4.78, 5) is 0. The summed E-state index contributed by atoms with van der Waals surface area (Å²) in [5, 5.41) is 3.36. The molecule has 1 rings (SSSR count). The van der Waals surface area contributed by atoms with Crippen molar-refractivity contribution in [2.75, 3.05) is 32.3 Å². The average Bonchev–Trinajstić information content (AvgIpc) is 2.42. The lowest BCUT2D eigenvalue weighted by molar-refractivity contribution is 0.351. The number of methoxy groups -OCH3 is 2. The maximum Gasteiger partial charge on any atom is 0.165 e. The second-order valence-electron chi connectivity index (χ2n) is 3.59. The lowest BCUT2D eigenvalue weighted by Crippen LogP contribution is -2.17. The van der Waals surface area contributed by atoms with E-state index in [1.165, 1.54) is 0 Å². The minimum atomic E-state index is 0.761. The molecule has 0 aromatic heterocycles. The first kappa shape index (κ1) is 14.7. The van der Waals surface area contributed by atoms with Crippen LogP contribution in [0.4, 0.5) is 0 Å². The molecule has 0 aliphatic rings. The number of para-hydroxylation sites is 1. The summed E-state index contributed by atoms with van der Waals surface area (Å²) in [6, 6.07) is 5.89. The van der Waals surface area contributed by atoms with Crippen LogP contribution < -0.4 is 14.8 Å². The Morgan fingerprint density at radius 3 is 2.83 bits per heavy atom. The second kappa shape index (κ2) is 8.73. The summed E-state index contributed by atoms with van der Waals surface area (Å²) < 4.78 is 10.6. The number of thioether (sulfide) groups is 1. The largest absolute Gasteiger partial charge is 0.493 e. The molecule has 0 aliphatic carbocycles. The smallest absolute Gasteiger partial charge is 0.165 e. The zero-order chi connectivity index (χ0) is 13.2. The SMILES string of the molecule is C#CCSCCNCc1cccc(OC)c1OC. The highest BCUT2D eigenvalue weighted by Gasteiger charge is 2.08. The standard InChI is InChI=1S/C14H19NO2S/c1-4-9-18-10-8-15-11-12-6-5-7-13(16-2)14(12)17-3/h1,5-7,15H,8-11H2,2-3H3. The summed E-state index contributed by atoms with van der Waals surface area (Å²) >= 11 is 1.75. The van der Waals surface area contributed by atoms with Crippen LogP contribution in [0.5, 0.6) is 11.5 Å². The van der Waals surface area contributed by atoms with Gasteiger partial charge in [0, 0.05) is 24.4 Å². The minimum absolute atomic E-state index is 0.761. The lowest BCUT2D eigenvalue weighted by atomic mass is 10.2. The number of terminal acetylenes is 1. The Kier molecular flexibility index (Phi) is 7.16. The van der Waals surface area contributed by atoms with E-state index in [4.69, 9.17) is 15.9 Å². The van der Waals surface area contributed by atoms with Crippen molar-refractivity contribution >= 4 is 11.8 Å². The molecule has 1 aromatic carbocycles. The quantitative estimate of drug-likeness (QED) is 0.576. The molecule has 4 heteroatoms. The average molecular weight is 265 g/mol. The van der Waals surface area contributed by atoms with Crippen molar-refractivity contribution in [3.8, 4) is 23.8 Å². The van der Waals surface area contributed by atoms with Crippen LogP contribution in [0.1, 0.15) is 5.56 Å². The van der Waals surface area contributed by atoms with E-state index in [0.717, 1.165) is 41.7 Å². The van der Waals surface area contributed by atoms with Crippen LogP contribution in [-0.4, -0.2) is 32.3 Å². The van der Waals surface area contributed by atoms with E-state index < -0.39 is 0 Å². The Hall–Kier alpha value is -1.31. The van der Waals surface area contributed by atoms with Crippen LogP contribution in [0.3, 0.4) is 0 Å². The molecule has 0 radical (unpaired) electrons. The van der Waals surface area contributed by atoms with Crippen molar-refractivity contribution in [2.45, 2.75) is 6.54 Å². The molecular formula is C14H19NO2S. The highest BCUT2D eigenvalue weighted by Crippen LogP contribution is 2.30. The van der Waals surface area contributed by atoms with Gasteiger partial charge in [0.2, 0.25) is 0 Å². The summed E-state index contributed by atoms with van der Waals surface area (Å²) in [6.07, 6.45) is 5.18. The topological polar surface area (TPSA) is 30.5 Å². The summed E-state index contributed by atoms with van der Waals surface area (Å²) in [5.41, 5.74) is 1.10. The van der Waals surface area contributed by atoms with Gasteiger partial charge in [0.25, 0.3) is 0 Å². The number of nitrogens with one attached hydrogen (secondary N) is 1. The first-order chi connectivity index (χ1) is 8.83. The Balaban J connectivity index is 2.44. The molecule has 0 saturated heterocycles. The zero-order valence-electron chi connectivity index (χ0n) is 10.9. The molecule has 0 bridgehead atoms. The Labute approximate surface area is 113 Å². The molecule has 0 amide bonds. The number of hydrogen-bond acceptors (Lipinski definition) is 4. The number of hydrogen-bond donors (Lipinski definition) is 1. The van der Waals surface area contributed by atoms with E-state index in [9.17, 15) is 0 Å². The van der Waals surface area contributed by atoms with Gasteiger partial charge in [0.05, 0.1) is 20.0 Å². The third-order valence-corrected chi connectivity index (χ3v) is 3.27.